The lowest BCUT2D eigenvalue weighted by Crippen LogP contribution is -2.39. The molecule has 5 rings (SSSR count). The van der Waals surface area contributed by atoms with Crippen LogP contribution in [0.5, 0.6) is 0 Å². The molecule has 31 heavy (non-hydrogen) atoms. The van der Waals surface area contributed by atoms with Crippen LogP contribution in [-0.2, 0) is 22.4 Å². The van der Waals surface area contributed by atoms with E-state index in [2.05, 4.69) is 27.3 Å². The highest BCUT2D eigenvalue weighted by Gasteiger charge is 2.28. The maximum absolute atomic E-state index is 12.9. The molecule has 1 N–H and O–H groups in total. The quantitative estimate of drug-likeness (QED) is 0.530. The molecule has 1 aliphatic carbocycles. The van der Waals surface area contributed by atoms with Crippen LogP contribution in [-0.4, -0.2) is 52.2 Å². The monoisotopic (exact) mass is 422 g/mol. The number of hydrogen-bond donors (Lipinski definition) is 1. The Morgan fingerprint density at radius 3 is 3.03 bits per heavy atom. The molecule has 1 atom stereocenters. The van der Waals surface area contributed by atoms with Gasteiger partial charge < -0.3 is 19.1 Å². The number of benzene rings is 1. The van der Waals surface area contributed by atoms with Crippen molar-refractivity contribution in [2.45, 2.75) is 50.9 Å². The van der Waals surface area contributed by atoms with Crippen molar-refractivity contribution in [2.24, 2.45) is 5.92 Å². The number of H-pyrrole nitrogens is 1. The number of carbonyl (C=O) groups excluding carboxylic acids is 1. The van der Waals surface area contributed by atoms with Crippen molar-refractivity contribution in [3.05, 3.63) is 47.7 Å². The number of carbonyl (C=O) groups is 1. The number of ether oxygens (including phenoxy) is 1. The van der Waals surface area contributed by atoms with E-state index in [-0.39, 0.29) is 11.8 Å². The molecule has 3 aromatic rings. The van der Waals surface area contributed by atoms with Crippen LogP contribution >= 0.6 is 0 Å². The molecule has 2 aromatic heterocycles. The van der Waals surface area contributed by atoms with Gasteiger partial charge in [0.15, 0.2) is 5.82 Å². The number of nitrogens with one attached hydrogen (secondary N) is 1. The first kappa shape index (κ1) is 20.2. The second-order valence-electron chi connectivity index (χ2n) is 8.86. The number of aryl methyl sites for hydroxylation is 1. The lowest BCUT2D eigenvalue weighted by Gasteiger charge is -2.31. The lowest BCUT2D eigenvalue weighted by molar-refractivity contribution is -0.132. The Hall–Kier alpha value is -2.67. The number of piperidine rings is 1. The van der Waals surface area contributed by atoms with Gasteiger partial charge in [-0.1, -0.05) is 23.4 Å². The molecule has 2 aliphatic rings. The summed E-state index contributed by atoms with van der Waals surface area (Å²) >= 11 is 0. The van der Waals surface area contributed by atoms with E-state index < -0.39 is 0 Å². The highest BCUT2D eigenvalue weighted by molar-refractivity contribution is 5.84. The van der Waals surface area contributed by atoms with Crippen LogP contribution in [0, 0.1) is 5.92 Å². The third kappa shape index (κ3) is 4.98. The standard InChI is InChI=1S/C24H30N4O3/c29-23(10-9-18-14-25-21-6-2-1-5-20(18)21)28-12-3-4-19(15-28)24-26-22(27-31-24)11-13-30-16-17-7-8-17/h1-2,5-6,14,17,19,25H,3-4,7-13,15-16H2. The lowest BCUT2D eigenvalue weighted by atomic mass is 9.97. The van der Waals surface area contributed by atoms with E-state index in [4.69, 9.17) is 9.26 Å². The summed E-state index contributed by atoms with van der Waals surface area (Å²) in [7, 11) is 0. The van der Waals surface area contributed by atoms with Gasteiger partial charge in [0, 0.05) is 49.6 Å². The number of aromatic amines is 1. The Balaban J connectivity index is 1.12. The zero-order valence-corrected chi connectivity index (χ0v) is 17.9. The molecule has 0 radical (unpaired) electrons. The van der Waals surface area contributed by atoms with Crippen molar-refractivity contribution >= 4 is 16.8 Å². The third-order valence-electron chi connectivity index (χ3n) is 6.41. The molecule has 164 valence electrons. The van der Waals surface area contributed by atoms with Crippen LogP contribution in [0.25, 0.3) is 10.9 Å². The van der Waals surface area contributed by atoms with E-state index >= 15 is 0 Å². The summed E-state index contributed by atoms with van der Waals surface area (Å²) in [6.07, 6.45) is 8.49. The molecule has 1 saturated carbocycles. The van der Waals surface area contributed by atoms with E-state index in [9.17, 15) is 4.79 Å². The summed E-state index contributed by atoms with van der Waals surface area (Å²) < 4.78 is 11.2. The Bertz CT molecular complexity index is 1020. The third-order valence-corrected chi connectivity index (χ3v) is 6.41. The molecular formula is C24H30N4O3. The number of aromatic nitrogens is 3. The van der Waals surface area contributed by atoms with Crippen LogP contribution in [0.15, 0.2) is 35.0 Å². The fourth-order valence-electron chi connectivity index (χ4n) is 4.38. The number of fused-ring (bicyclic) bond motifs is 1. The van der Waals surface area contributed by atoms with Gasteiger partial charge in [0.25, 0.3) is 0 Å². The minimum atomic E-state index is 0.124. The Morgan fingerprint density at radius 1 is 1.23 bits per heavy atom. The average Bonchev–Trinajstić information content (AvgIpc) is 3.35. The predicted octanol–water partition coefficient (Wildman–Crippen LogP) is 3.86. The highest BCUT2D eigenvalue weighted by atomic mass is 16.5. The molecule has 7 nitrogen and oxygen atoms in total. The number of rotatable bonds is 9. The van der Waals surface area contributed by atoms with Gasteiger partial charge in [-0.3, -0.25) is 4.79 Å². The SMILES string of the molecule is O=C(CCc1c[nH]c2ccccc12)N1CCCC(c2nc(CCOCC3CC3)no2)C1. The zero-order chi connectivity index (χ0) is 21.0. The topological polar surface area (TPSA) is 84.2 Å². The van der Waals surface area contributed by atoms with Gasteiger partial charge in [0.2, 0.25) is 11.8 Å². The first-order valence-corrected chi connectivity index (χ1v) is 11.5. The molecule has 1 amide bonds. The van der Waals surface area contributed by atoms with Gasteiger partial charge >= 0.3 is 0 Å². The maximum atomic E-state index is 12.9. The van der Waals surface area contributed by atoms with Gasteiger partial charge in [-0.25, -0.2) is 0 Å². The second kappa shape index (κ2) is 9.22. The molecule has 1 aromatic carbocycles. The fraction of sp³-hybridized carbons (Fsp3) is 0.542. The number of para-hydroxylation sites is 1. The van der Waals surface area contributed by atoms with Crippen molar-refractivity contribution in [3.63, 3.8) is 0 Å². The summed E-state index contributed by atoms with van der Waals surface area (Å²) in [5, 5.41) is 5.32. The number of nitrogens with zero attached hydrogens (tertiary/aromatic N) is 3. The summed E-state index contributed by atoms with van der Waals surface area (Å²) in [4.78, 5) is 22.7. The van der Waals surface area contributed by atoms with Crippen LogP contribution < -0.4 is 0 Å². The molecule has 0 bridgehead atoms. The van der Waals surface area contributed by atoms with E-state index in [0.29, 0.717) is 37.7 Å². The Kier molecular flexibility index (Phi) is 6.02. The van der Waals surface area contributed by atoms with E-state index in [1.165, 1.54) is 23.8 Å². The molecular weight excluding hydrogens is 392 g/mol. The summed E-state index contributed by atoms with van der Waals surface area (Å²) in [6.45, 7) is 2.95. The summed E-state index contributed by atoms with van der Waals surface area (Å²) in [5.41, 5.74) is 2.32. The van der Waals surface area contributed by atoms with Gasteiger partial charge in [0.05, 0.1) is 12.5 Å². The number of hydrogen-bond acceptors (Lipinski definition) is 5. The average molecular weight is 423 g/mol. The van der Waals surface area contributed by atoms with Gasteiger partial charge in [0.1, 0.15) is 0 Å². The van der Waals surface area contributed by atoms with Crippen molar-refractivity contribution in [3.8, 4) is 0 Å². The van der Waals surface area contributed by atoms with Crippen LogP contribution in [0.2, 0.25) is 0 Å². The first-order valence-electron chi connectivity index (χ1n) is 11.5. The van der Waals surface area contributed by atoms with Crippen molar-refractivity contribution in [1.29, 1.82) is 0 Å². The molecule has 0 spiro atoms. The normalized spacial score (nSPS) is 19.2. The van der Waals surface area contributed by atoms with Gasteiger partial charge in [-0.05, 0) is 49.7 Å². The first-order chi connectivity index (χ1) is 15.3. The molecule has 2 fully saturated rings. The Labute approximate surface area is 182 Å². The van der Waals surface area contributed by atoms with Crippen LogP contribution in [0.1, 0.15) is 55.3 Å². The van der Waals surface area contributed by atoms with Gasteiger partial charge in [-0.2, -0.15) is 4.98 Å². The maximum Gasteiger partial charge on any atom is 0.231 e. The zero-order valence-electron chi connectivity index (χ0n) is 17.9. The summed E-state index contributed by atoms with van der Waals surface area (Å²) in [5.74, 6) is 2.45. The van der Waals surface area contributed by atoms with Gasteiger partial charge in [-0.15, -0.1) is 0 Å². The number of likely N-dealkylation sites (tertiary alicyclic amines) is 1. The van der Waals surface area contributed by atoms with E-state index in [1.807, 2.05) is 23.2 Å². The molecule has 1 unspecified atom stereocenters. The van der Waals surface area contributed by atoms with Crippen LogP contribution in [0.4, 0.5) is 0 Å². The summed E-state index contributed by atoms with van der Waals surface area (Å²) in [6, 6.07) is 8.22. The largest absolute Gasteiger partial charge is 0.381 e. The van der Waals surface area contributed by atoms with E-state index in [1.54, 1.807) is 0 Å². The second-order valence-corrected chi connectivity index (χ2v) is 8.86. The van der Waals surface area contributed by atoms with Crippen molar-refractivity contribution in [2.75, 3.05) is 26.3 Å². The number of amides is 1. The predicted molar refractivity (Wildman–Crippen MR) is 117 cm³/mol. The highest BCUT2D eigenvalue weighted by Crippen LogP contribution is 2.29. The van der Waals surface area contributed by atoms with E-state index in [0.717, 1.165) is 43.8 Å². The van der Waals surface area contributed by atoms with Crippen molar-refractivity contribution < 1.29 is 14.1 Å². The molecule has 1 saturated heterocycles. The minimum Gasteiger partial charge on any atom is -0.381 e. The smallest absolute Gasteiger partial charge is 0.231 e. The molecule has 3 heterocycles. The molecule has 1 aliphatic heterocycles. The van der Waals surface area contributed by atoms with Crippen LogP contribution in [0.3, 0.4) is 0 Å². The van der Waals surface area contributed by atoms with Crippen molar-refractivity contribution in [1.82, 2.24) is 20.0 Å². The Morgan fingerprint density at radius 2 is 2.13 bits per heavy atom. The minimum absolute atomic E-state index is 0.124. The fourth-order valence-corrected chi connectivity index (χ4v) is 4.38. The molecule has 7 heteroatoms.